The highest BCUT2D eigenvalue weighted by Gasteiger charge is 2.27. The summed E-state index contributed by atoms with van der Waals surface area (Å²) in [5, 5.41) is 3.00. The summed E-state index contributed by atoms with van der Waals surface area (Å²) in [6.45, 7) is 4.84. The largest absolute Gasteiger partial charge is 0.354 e. The lowest BCUT2D eigenvalue weighted by atomic mass is 10.1. The molecule has 1 N–H and O–H groups in total. The van der Waals surface area contributed by atoms with Gasteiger partial charge in [-0.3, -0.25) is 4.79 Å². The molecule has 1 aromatic carbocycles. The maximum atomic E-state index is 12.1. The number of halogens is 1. The van der Waals surface area contributed by atoms with Gasteiger partial charge in [0, 0.05) is 11.4 Å². The van der Waals surface area contributed by atoms with Crippen LogP contribution in [0, 0.1) is 5.92 Å². The molecule has 0 saturated carbocycles. The predicted octanol–water partition coefficient (Wildman–Crippen LogP) is 3.47. The number of nitrogens with one attached hydrogen (secondary N) is 1. The molecule has 0 bridgehead atoms. The second-order valence-electron chi connectivity index (χ2n) is 5.39. The quantitative estimate of drug-likeness (QED) is 0.843. The molecular weight excluding hydrogens is 278 g/mol. The van der Waals surface area contributed by atoms with Gasteiger partial charge in [0.05, 0.1) is 10.6 Å². The van der Waals surface area contributed by atoms with E-state index in [4.69, 9.17) is 11.6 Å². The van der Waals surface area contributed by atoms with E-state index < -0.39 is 0 Å². The zero-order chi connectivity index (χ0) is 13.8. The first-order valence-corrected chi connectivity index (χ1v) is 8.04. The van der Waals surface area contributed by atoms with E-state index in [1.54, 1.807) is 11.8 Å². The molecule has 2 unspecified atom stereocenters. The summed E-state index contributed by atoms with van der Waals surface area (Å²) >= 11 is 7.85. The number of rotatable bonds is 5. The van der Waals surface area contributed by atoms with Gasteiger partial charge >= 0.3 is 0 Å². The standard InChI is InChI=1S/C15H20ClNOS/c1-10(2)7-12(16)9-17-15(18)14-8-11-5-3-4-6-13(11)19-14/h3-6,10,12,14H,7-9H2,1-2H3,(H,17,18). The summed E-state index contributed by atoms with van der Waals surface area (Å²) in [7, 11) is 0. The Balaban J connectivity index is 1.80. The van der Waals surface area contributed by atoms with Crippen molar-refractivity contribution in [3.63, 3.8) is 0 Å². The van der Waals surface area contributed by atoms with Crippen molar-refractivity contribution in [2.75, 3.05) is 6.54 Å². The van der Waals surface area contributed by atoms with Crippen molar-refractivity contribution in [2.45, 2.75) is 42.2 Å². The molecule has 2 nitrogen and oxygen atoms in total. The Kier molecular flexibility index (Phi) is 5.17. The van der Waals surface area contributed by atoms with Crippen molar-refractivity contribution in [3.05, 3.63) is 29.8 Å². The number of carbonyl (C=O) groups is 1. The van der Waals surface area contributed by atoms with E-state index in [0.717, 1.165) is 12.8 Å². The van der Waals surface area contributed by atoms with Crippen molar-refractivity contribution >= 4 is 29.3 Å². The number of fused-ring (bicyclic) bond motifs is 1. The van der Waals surface area contributed by atoms with Crippen molar-refractivity contribution in [3.8, 4) is 0 Å². The van der Waals surface area contributed by atoms with E-state index in [-0.39, 0.29) is 16.5 Å². The molecule has 0 aliphatic carbocycles. The highest BCUT2D eigenvalue weighted by atomic mass is 35.5. The number of carbonyl (C=O) groups excluding carboxylic acids is 1. The molecule has 1 heterocycles. The second kappa shape index (κ2) is 6.67. The fourth-order valence-corrected chi connectivity index (χ4v) is 3.90. The van der Waals surface area contributed by atoms with Gasteiger partial charge in [-0.05, 0) is 30.4 Å². The predicted molar refractivity (Wildman–Crippen MR) is 81.9 cm³/mol. The first-order chi connectivity index (χ1) is 9.06. The summed E-state index contributed by atoms with van der Waals surface area (Å²) in [5.74, 6) is 0.667. The van der Waals surface area contributed by atoms with E-state index in [0.29, 0.717) is 12.5 Å². The summed E-state index contributed by atoms with van der Waals surface area (Å²) in [5.41, 5.74) is 1.28. The third-order valence-corrected chi connectivity index (χ3v) is 4.81. The molecular formula is C15H20ClNOS. The second-order valence-corrected chi connectivity index (χ2v) is 7.25. The molecule has 1 amide bonds. The van der Waals surface area contributed by atoms with Crippen molar-refractivity contribution in [2.24, 2.45) is 5.92 Å². The third-order valence-electron chi connectivity index (χ3n) is 3.16. The molecule has 2 atom stereocenters. The van der Waals surface area contributed by atoms with Crippen molar-refractivity contribution in [1.82, 2.24) is 5.32 Å². The number of amides is 1. The van der Waals surface area contributed by atoms with E-state index in [1.165, 1.54) is 10.5 Å². The summed E-state index contributed by atoms with van der Waals surface area (Å²) in [6, 6.07) is 8.22. The molecule has 1 aliphatic heterocycles. The lowest BCUT2D eigenvalue weighted by molar-refractivity contribution is -0.120. The molecule has 0 spiro atoms. The average Bonchev–Trinajstić information content (AvgIpc) is 2.78. The van der Waals surface area contributed by atoms with Gasteiger partial charge < -0.3 is 5.32 Å². The molecule has 19 heavy (non-hydrogen) atoms. The fourth-order valence-electron chi connectivity index (χ4n) is 2.25. The lowest BCUT2D eigenvalue weighted by Gasteiger charge is -2.15. The van der Waals surface area contributed by atoms with Crippen LogP contribution in [0.5, 0.6) is 0 Å². The topological polar surface area (TPSA) is 29.1 Å². The summed E-state index contributed by atoms with van der Waals surface area (Å²) in [4.78, 5) is 13.3. The fraction of sp³-hybridized carbons (Fsp3) is 0.533. The third kappa shape index (κ3) is 4.15. The molecule has 0 saturated heterocycles. The molecule has 0 aromatic heterocycles. The summed E-state index contributed by atoms with van der Waals surface area (Å²) < 4.78 is 0. The average molecular weight is 298 g/mol. The van der Waals surface area contributed by atoms with Gasteiger partial charge in [-0.25, -0.2) is 0 Å². The normalized spacial score (nSPS) is 19.3. The van der Waals surface area contributed by atoms with Gasteiger partial charge in [-0.2, -0.15) is 0 Å². The van der Waals surface area contributed by atoms with Crippen LogP contribution in [-0.2, 0) is 11.2 Å². The molecule has 0 fully saturated rings. The number of benzene rings is 1. The van der Waals surface area contributed by atoms with Crippen LogP contribution in [-0.4, -0.2) is 23.1 Å². The first-order valence-electron chi connectivity index (χ1n) is 6.72. The van der Waals surface area contributed by atoms with Crippen LogP contribution in [0.25, 0.3) is 0 Å². The molecule has 0 radical (unpaired) electrons. The molecule has 1 aliphatic rings. The Morgan fingerprint density at radius 2 is 2.21 bits per heavy atom. The Morgan fingerprint density at radius 3 is 2.89 bits per heavy atom. The van der Waals surface area contributed by atoms with Gasteiger partial charge in [0.2, 0.25) is 5.91 Å². The lowest BCUT2D eigenvalue weighted by Crippen LogP contribution is -2.36. The van der Waals surface area contributed by atoms with Crippen LogP contribution >= 0.6 is 23.4 Å². The smallest absolute Gasteiger partial charge is 0.233 e. The Hall–Kier alpha value is -0.670. The highest BCUT2D eigenvalue weighted by Crippen LogP contribution is 2.36. The van der Waals surface area contributed by atoms with Crippen LogP contribution in [0.3, 0.4) is 0 Å². The van der Waals surface area contributed by atoms with E-state index in [9.17, 15) is 4.79 Å². The van der Waals surface area contributed by atoms with Crippen molar-refractivity contribution < 1.29 is 4.79 Å². The van der Waals surface area contributed by atoms with Crippen LogP contribution < -0.4 is 5.32 Å². The van der Waals surface area contributed by atoms with Crippen LogP contribution in [0.4, 0.5) is 0 Å². The number of hydrogen-bond acceptors (Lipinski definition) is 2. The maximum Gasteiger partial charge on any atom is 0.233 e. The van der Waals surface area contributed by atoms with Gasteiger partial charge in [0.1, 0.15) is 0 Å². The number of hydrogen-bond donors (Lipinski definition) is 1. The first kappa shape index (κ1) is 14.7. The SMILES string of the molecule is CC(C)CC(Cl)CNC(=O)C1Cc2ccccc2S1. The maximum absolute atomic E-state index is 12.1. The molecule has 2 rings (SSSR count). The van der Waals surface area contributed by atoms with E-state index in [1.807, 2.05) is 12.1 Å². The molecule has 1 aromatic rings. The minimum atomic E-state index is 0.000293. The molecule has 4 heteroatoms. The Labute approximate surface area is 124 Å². The van der Waals surface area contributed by atoms with Crippen molar-refractivity contribution in [1.29, 1.82) is 0 Å². The minimum Gasteiger partial charge on any atom is -0.354 e. The zero-order valence-corrected chi connectivity index (χ0v) is 12.9. The van der Waals surface area contributed by atoms with Crippen LogP contribution in [0.15, 0.2) is 29.2 Å². The Morgan fingerprint density at radius 1 is 1.47 bits per heavy atom. The van der Waals surface area contributed by atoms with Gasteiger partial charge in [0.25, 0.3) is 0 Å². The van der Waals surface area contributed by atoms with Crippen LogP contribution in [0.2, 0.25) is 0 Å². The monoisotopic (exact) mass is 297 g/mol. The minimum absolute atomic E-state index is 0.000293. The number of alkyl halides is 1. The van der Waals surface area contributed by atoms with Crippen LogP contribution in [0.1, 0.15) is 25.8 Å². The van der Waals surface area contributed by atoms with Gasteiger partial charge in [-0.15, -0.1) is 23.4 Å². The van der Waals surface area contributed by atoms with Gasteiger partial charge in [0.15, 0.2) is 0 Å². The number of thioether (sulfide) groups is 1. The van der Waals surface area contributed by atoms with Gasteiger partial charge in [-0.1, -0.05) is 32.0 Å². The highest BCUT2D eigenvalue weighted by molar-refractivity contribution is 8.01. The van der Waals surface area contributed by atoms with E-state index in [2.05, 4.69) is 31.3 Å². The summed E-state index contributed by atoms with van der Waals surface area (Å²) in [6.07, 6.45) is 1.75. The zero-order valence-electron chi connectivity index (χ0n) is 11.4. The van der Waals surface area contributed by atoms with E-state index >= 15 is 0 Å². The Bertz CT molecular complexity index is 425. The molecule has 104 valence electrons.